The highest BCUT2D eigenvalue weighted by Crippen LogP contribution is 2.29. The molecule has 0 aliphatic carbocycles. The number of halogens is 4. The van der Waals surface area contributed by atoms with Gasteiger partial charge in [0.2, 0.25) is 0 Å². The first-order valence-corrected chi connectivity index (χ1v) is 6.59. The van der Waals surface area contributed by atoms with Crippen LogP contribution in [-0.2, 0) is 10.9 Å². The van der Waals surface area contributed by atoms with Crippen LogP contribution >= 0.6 is 0 Å². The lowest BCUT2D eigenvalue weighted by Gasteiger charge is -2.10. The van der Waals surface area contributed by atoms with Crippen molar-refractivity contribution in [2.45, 2.75) is 6.18 Å². The standard InChI is InChI=1S/C16H11F4NO3/c1-24-15(23)10-5-6-12(17)13(8-10)21-14(22)9-3-2-4-11(7-9)16(18,19)20/h2-8H,1H3,(H,21,22). The SMILES string of the molecule is COC(=O)c1ccc(F)c(NC(=O)c2cccc(C(F)(F)F)c2)c1. The number of hydrogen-bond donors (Lipinski definition) is 1. The Balaban J connectivity index is 2.28. The van der Waals surface area contributed by atoms with E-state index in [0.29, 0.717) is 6.07 Å². The molecule has 0 unspecified atom stereocenters. The summed E-state index contributed by atoms with van der Waals surface area (Å²) in [7, 11) is 1.13. The van der Waals surface area contributed by atoms with Gasteiger partial charge in [0, 0.05) is 5.56 Å². The molecule has 0 bridgehead atoms. The number of alkyl halides is 3. The number of nitrogens with one attached hydrogen (secondary N) is 1. The molecule has 0 aromatic heterocycles. The number of methoxy groups -OCH3 is 1. The Hall–Kier alpha value is -2.90. The number of carbonyl (C=O) groups excluding carboxylic acids is 2. The average Bonchev–Trinajstić information content (AvgIpc) is 2.55. The Labute approximate surface area is 134 Å². The molecule has 0 spiro atoms. The maximum Gasteiger partial charge on any atom is 0.416 e. The zero-order chi connectivity index (χ0) is 17.9. The quantitative estimate of drug-likeness (QED) is 0.681. The van der Waals surface area contributed by atoms with Crippen LogP contribution in [0.15, 0.2) is 42.5 Å². The second kappa shape index (κ2) is 6.69. The van der Waals surface area contributed by atoms with E-state index < -0.39 is 29.4 Å². The van der Waals surface area contributed by atoms with Crippen molar-refractivity contribution in [3.05, 3.63) is 65.0 Å². The molecule has 0 atom stereocenters. The molecule has 0 fully saturated rings. The number of esters is 1. The summed E-state index contributed by atoms with van der Waals surface area (Å²) in [6, 6.07) is 6.82. The average molecular weight is 341 g/mol. The summed E-state index contributed by atoms with van der Waals surface area (Å²) >= 11 is 0. The van der Waals surface area contributed by atoms with Crippen molar-refractivity contribution >= 4 is 17.6 Å². The zero-order valence-corrected chi connectivity index (χ0v) is 12.3. The first-order chi connectivity index (χ1) is 11.2. The van der Waals surface area contributed by atoms with E-state index in [4.69, 9.17) is 0 Å². The van der Waals surface area contributed by atoms with E-state index >= 15 is 0 Å². The van der Waals surface area contributed by atoms with E-state index in [1.165, 1.54) is 0 Å². The van der Waals surface area contributed by atoms with Crippen molar-refractivity contribution < 1.29 is 31.9 Å². The molecule has 4 nitrogen and oxygen atoms in total. The summed E-state index contributed by atoms with van der Waals surface area (Å²) in [5.41, 5.74) is -1.66. The van der Waals surface area contributed by atoms with Crippen molar-refractivity contribution in [2.75, 3.05) is 12.4 Å². The molecule has 0 saturated heterocycles. The lowest BCUT2D eigenvalue weighted by Crippen LogP contribution is -2.15. The van der Waals surface area contributed by atoms with Crippen LogP contribution in [0.25, 0.3) is 0 Å². The molecule has 126 valence electrons. The number of ether oxygens (including phenoxy) is 1. The highest BCUT2D eigenvalue weighted by Gasteiger charge is 2.31. The fourth-order valence-electron chi connectivity index (χ4n) is 1.90. The van der Waals surface area contributed by atoms with Gasteiger partial charge < -0.3 is 10.1 Å². The smallest absolute Gasteiger partial charge is 0.416 e. The first kappa shape index (κ1) is 17.5. The molecule has 0 saturated carbocycles. The van der Waals surface area contributed by atoms with Gasteiger partial charge in [-0.05, 0) is 36.4 Å². The minimum absolute atomic E-state index is 0.0155. The lowest BCUT2D eigenvalue weighted by molar-refractivity contribution is -0.137. The maximum absolute atomic E-state index is 13.7. The molecule has 0 heterocycles. The molecule has 1 amide bonds. The largest absolute Gasteiger partial charge is 0.465 e. The molecular formula is C16H11F4NO3. The van der Waals surface area contributed by atoms with Gasteiger partial charge >= 0.3 is 12.1 Å². The second-order valence-electron chi connectivity index (χ2n) is 4.72. The topological polar surface area (TPSA) is 55.4 Å². The number of carbonyl (C=O) groups is 2. The lowest BCUT2D eigenvalue weighted by atomic mass is 10.1. The summed E-state index contributed by atoms with van der Waals surface area (Å²) < 4.78 is 56.2. The Morgan fingerprint density at radius 2 is 1.75 bits per heavy atom. The number of amides is 1. The van der Waals surface area contributed by atoms with Gasteiger partial charge in [0.25, 0.3) is 5.91 Å². The molecule has 0 radical (unpaired) electrons. The molecule has 2 rings (SSSR count). The number of rotatable bonds is 3. The van der Waals surface area contributed by atoms with E-state index in [1.54, 1.807) is 0 Å². The van der Waals surface area contributed by atoms with Crippen LogP contribution in [0.5, 0.6) is 0 Å². The Morgan fingerprint density at radius 1 is 1.04 bits per heavy atom. The molecule has 0 aliphatic heterocycles. The predicted octanol–water partition coefficient (Wildman–Crippen LogP) is 3.88. The van der Waals surface area contributed by atoms with E-state index in [1.807, 2.05) is 0 Å². The van der Waals surface area contributed by atoms with Gasteiger partial charge in [-0.2, -0.15) is 13.2 Å². The van der Waals surface area contributed by atoms with Gasteiger partial charge in [0.15, 0.2) is 0 Å². The second-order valence-corrected chi connectivity index (χ2v) is 4.72. The molecule has 8 heteroatoms. The summed E-state index contributed by atoms with van der Waals surface area (Å²) in [5, 5.41) is 2.14. The van der Waals surface area contributed by atoms with E-state index in [-0.39, 0.29) is 16.8 Å². The molecular weight excluding hydrogens is 330 g/mol. The van der Waals surface area contributed by atoms with Gasteiger partial charge in [-0.3, -0.25) is 4.79 Å². The van der Waals surface area contributed by atoms with Crippen molar-refractivity contribution in [1.82, 2.24) is 0 Å². The highest BCUT2D eigenvalue weighted by atomic mass is 19.4. The Morgan fingerprint density at radius 3 is 2.38 bits per heavy atom. The van der Waals surface area contributed by atoms with Crippen LogP contribution in [0.4, 0.5) is 23.2 Å². The van der Waals surface area contributed by atoms with Crippen LogP contribution in [0.1, 0.15) is 26.3 Å². The molecule has 2 aromatic carbocycles. The molecule has 1 N–H and O–H groups in total. The molecule has 0 aliphatic rings. The van der Waals surface area contributed by atoms with Crippen molar-refractivity contribution in [1.29, 1.82) is 0 Å². The summed E-state index contributed by atoms with van der Waals surface area (Å²) in [6.07, 6.45) is -4.60. The third-order valence-electron chi connectivity index (χ3n) is 3.09. The fraction of sp³-hybridized carbons (Fsp3) is 0.125. The van der Waals surface area contributed by atoms with Gasteiger partial charge in [0.05, 0.1) is 23.9 Å². The number of anilines is 1. The summed E-state index contributed by atoms with van der Waals surface area (Å²) in [4.78, 5) is 23.4. The minimum Gasteiger partial charge on any atom is -0.465 e. The number of benzene rings is 2. The van der Waals surface area contributed by atoms with Gasteiger partial charge in [-0.1, -0.05) is 6.07 Å². The van der Waals surface area contributed by atoms with Crippen molar-refractivity contribution in [2.24, 2.45) is 0 Å². The molecule has 24 heavy (non-hydrogen) atoms. The maximum atomic E-state index is 13.7. The van der Waals surface area contributed by atoms with Gasteiger partial charge in [-0.15, -0.1) is 0 Å². The van der Waals surface area contributed by atoms with E-state index in [9.17, 15) is 27.2 Å². The van der Waals surface area contributed by atoms with E-state index in [2.05, 4.69) is 10.1 Å². The summed E-state index contributed by atoms with van der Waals surface area (Å²) in [6.45, 7) is 0. The van der Waals surface area contributed by atoms with Crippen LogP contribution in [0, 0.1) is 5.82 Å². The first-order valence-electron chi connectivity index (χ1n) is 6.59. The highest BCUT2D eigenvalue weighted by molar-refractivity contribution is 6.05. The normalized spacial score (nSPS) is 11.0. The van der Waals surface area contributed by atoms with Crippen LogP contribution in [0.2, 0.25) is 0 Å². The fourth-order valence-corrected chi connectivity index (χ4v) is 1.90. The predicted molar refractivity (Wildman–Crippen MR) is 77.1 cm³/mol. The van der Waals surface area contributed by atoms with Gasteiger partial charge in [-0.25, -0.2) is 9.18 Å². The monoisotopic (exact) mass is 341 g/mol. The third kappa shape index (κ3) is 3.89. The third-order valence-corrected chi connectivity index (χ3v) is 3.09. The minimum atomic E-state index is -4.60. The van der Waals surface area contributed by atoms with Crippen molar-refractivity contribution in [3.8, 4) is 0 Å². The van der Waals surface area contributed by atoms with Crippen molar-refractivity contribution in [3.63, 3.8) is 0 Å². The van der Waals surface area contributed by atoms with Crippen LogP contribution in [-0.4, -0.2) is 19.0 Å². The molecule has 2 aromatic rings. The Bertz CT molecular complexity index is 787. The number of hydrogen-bond acceptors (Lipinski definition) is 3. The van der Waals surface area contributed by atoms with Crippen LogP contribution < -0.4 is 5.32 Å². The zero-order valence-electron chi connectivity index (χ0n) is 12.3. The van der Waals surface area contributed by atoms with Gasteiger partial charge in [0.1, 0.15) is 5.82 Å². The van der Waals surface area contributed by atoms with Crippen LogP contribution in [0.3, 0.4) is 0 Å². The summed E-state index contributed by atoms with van der Waals surface area (Å²) in [5.74, 6) is -2.53. The van der Waals surface area contributed by atoms with E-state index in [0.717, 1.165) is 43.5 Å². The Kier molecular flexibility index (Phi) is 4.87.